The quantitative estimate of drug-likeness (QED) is 0.855. The third kappa shape index (κ3) is 2.33. The summed E-state index contributed by atoms with van der Waals surface area (Å²) in [7, 11) is 4.74. The molecular weight excluding hydrogens is 324 g/mol. The number of benzene rings is 2. The lowest BCUT2D eigenvalue weighted by atomic mass is 9.88. The first-order valence-corrected chi connectivity index (χ1v) is 7.92. The third-order valence-electron chi connectivity index (χ3n) is 4.64. The van der Waals surface area contributed by atoms with Crippen LogP contribution >= 0.6 is 0 Å². The summed E-state index contributed by atoms with van der Waals surface area (Å²) in [5.74, 6) is 2.26. The fourth-order valence-corrected chi connectivity index (χ4v) is 3.40. The highest BCUT2D eigenvalue weighted by molar-refractivity contribution is 6.03. The molecule has 0 spiro atoms. The molecule has 0 aliphatic carbocycles. The first-order valence-electron chi connectivity index (χ1n) is 7.92. The van der Waals surface area contributed by atoms with Gasteiger partial charge in [0.15, 0.2) is 29.5 Å². The Hall–Kier alpha value is -2.73. The van der Waals surface area contributed by atoms with Gasteiger partial charge in [0.25, 0.3) is 0 Å². The molecule has 6 nitrogen and oxygen atoms in total. The predicted octanol–water partition coefficient (Wildman–Crippen LogP) is 2.93. The van der Waals surface area contributed by atoms with Crippen LogP contribution in [0, 0.1) is 0 Å². The minimum Gasteiger partial charge on any atom is -0.497 e. The first kappa shape index (κ1) is 15.8. The number of Topliss-reactive ketones (excluding diaryl/α,β-unsaturated/α-hetero) is 1. The van der Waals surface area contributed by atoms with E-state index in [-0.39, 0.29) is 12.4 Å². The second-order valence-electron chi connectivity index (χ2n) is 5.87. The minimum absolute atomic E-state index is 0.0886. The van der Waals surface area contributed by atoms with Gasteiger partial charge in [0.2, 0.25) is 0 Å². The molecule has 6 heteroatoms. The molecular formula is C19H18O6. The average Bonchev–Trinajstić information content (AvgIpc) is 2.66. The summed E-state index contributed by atoms with van der Waals surface area (Å²) in [6.07, 6.45) is -1.21. The van der Waals surface area contributed by atoms with Gasteiger partial charge in [-0.2, -0.15) is 0 Å². The Balaban J connectivity index is 1.81. The van der Waals surface area contributed by atoms with E-state index in [9.17, 15) is 4.79 Å². The highest BCUT2D eigenvalue weighted by atomic mass is 16.6. The predicted molar refractivity (Wildman–Crippen MR) is 88.8 cm³/mol. The number of rotatable bonds is 3. The lowest BCUT2D eigenvalue weighted by Gasteiger charge is -2.37. The maximum absolute atomic E-state index is 12.8. The summed E-state index contributed by atoms with van der Waals surface area (Å²) in [4.78, 5) is 12.8. The third-order valence-corrected chi connectivity index (χ3v) is 4.64. The highest BCUT2D eigenvalue weighted by Crippen LogP contribution is 2.46. The number of hydrogen-bond acceptors (Lipinski definition) is 6. The van der Waals surface area contributed by atoms with Crippen LogP contribution in [-0.2, 0) is 11.3 Å². The molecule has 2 aromatic rings. The van der Waals surface area contributed by atoms with Gasteiger partial charge in [-0.05, 0) is 18.2 Å². The van der Waals surface area contributed by atoms with Gasteiger partial charge >= 0.3 is 0 Å². The summed E-state index contributed by atoms with van der Waals surface area (Å²) < 4.78 is 28.0. The Morgan fingerprint density at radius 1 is 1.00 bits per heavy atom. The van der Waals surface area contributed by atoms with Gasteiger partial charge < -0.3 is 23.7 Å². The van der Waals surface area contributed by atoms with Crippen molar-refractivity contribution in [3.8, 4) is 23.0 Å². The van der Waals surface area contributed by atoms with Crippen molar-refractivity contribution in [2.45, 2.75) is 18.8 Å². The SMILES string of the molecule is COc1ccc2c(c1)O[C@H]1c3ccc(OC)c(OC)c3CO[C@H]1C2=O. The standard InChI is InChI=1S/C19H18O6/c1-21-10-4-5-12-15(8-10)25-18-11-6-7-14(22-2)17(23-3)13(11)9-24-19(18)16(12)20/h4-8,18-19H,9H2,1-3H3/t18-,19-/m0/s1. The molecule has 0 radical (unpaired) electrons. The van der Waals surface area contributed by atoms with Crippen LogP contribution < -0.4 is 18.9 Å². The Labute approximate surface area is 145 Å². The van der Waals surface area contributed by atoms with Crippen LogP contribution in [0.15, 0.2) is 30.3 Å². The smallest absolute Gasteiger partial charge is 0.199 e. The van der Waals surface area contributed by atoms with E-state index in [0.717, 1.165) is 11.1 Å². The molecule has 2 aromatic carbocycles. The summed E-state index contributed by atoms with van der Waals surface area (Å²) >= 11 is 0. The number of methoxy groups -OCH3 is 3. The van der Waals surface area contributed by atoms with E-state index >= 15 is 0 Å². The molecule has 2 atom stereocenters. The molecule has 0 saturated carbocycles. The summed E-state index contributed by atoms with van der Waals surface area (Å²) in [6.45, 7) is 0.261. The zero-order valence-electron chi connectivity index (χ0n) is 14.2. The fraction of sp³-hybridized carbons (Fsp3) is 0.316. The van der Waals surface area contributed by atoms with Crippen molar-refractivity contribution < 1.29 is 28.5 Å². The number of hydrogen-bond donors (Lipinski definition) is 0. The van der Waals surface area contributed by atoms with E-state index in [1.165, 1.54) is 0 Å². The lowest BCUT2D eigenvalue weighted by Crippen LogP contribution is -2.41. The normalized spacial score (nSPS) is 20.7. The minimum atomic E-state index is -0.675. The zero-order valence-corrected chi connectivity index (χ0v) is 14.2. The van der Waals surface area contributed by atoms with Crippen molar-refractivity contribution >= 4 is 5.78 Å². The van der Waals surface area contributed by atoms with Crippen molar-refractivity contribution in [3.05, 3.63) is 47.0 Å². The van der Waals surface area contributed by atoms with E-state index in [1.807, 2.05) is 12.1 Å². The van der Waals surface area contributed by atoms with Crippen LogP contribution in [0.25, 0.3) is 0 Å². The van der Waals surface area contributed by atoms with Gasteiger partial charge in [-0.3, -0.25) is 4.79 Å². The maximum Gasteiger partial charge on any atom is 0.199 e. The molecule has 2 heterocycles. The van der Waals surface area contributed by atoms with Crippen LogP contribution in [0.4, 0.5) is 0 Å². The van der Waals surface area contributed by atoms with Gasteiger partial charge in [0, 0.05) is 17.2 Å². The molecule has 4 rings (SSSR count). The molecule has 130 valence electrons. The summed E-state index contributed by atoms with van der Waals surface area (Å²) in [5.41, 5.74) is 2.21. The topological polar surface area (TPSA) is 63.2 Å². The van der Waals surface area contributed by atoms with Crippen molar-refractivity contribution in [1.29, 1.82) is 0 Å². The zero-order chi connectivity index (χ0) is 17.6. The van der Waals surface area contributed by atoms with E-state index < -0.39 is 12.2 Å². The fourth-order valence-electron chi connectivity index (χ4n) is 3.40. The van der Waals surface area contributed by atoms with Gasteiger partial charge in [0.05, 0.1) is 33.5 Å². The average molecular weight is 342 g/mol. The number of ketones is 1. The highest BCUT2D eigenvalue weighted by Gasteiger charge is 2.43. The Morgan fingerprint density at radius 3 is 2.56 bits per heavy atom. The Kier molecular flexibility index (Phi) is 3.77. The molecule has 2 aliphatic heterocycles. The van der Waals surface area contributed by atoms with Gasteiger partial charge in [0.1, 0.15) is 11.5 Å². The van der Waals surface area contributed by atoms with Crippen LogP contribution in [-0.4, -0.2) is 33.2 Å². The molecule has 0 fully saturated rings. The number of ether oxygens (including phenoxy) is 5. The van der Waals surface area contributed by atoms with Crippen LogP contribution in [0.1, 0.15) is 27.6 Å². The number of carbonyl (C=O) groups is 1. The number of carbonyl (C=O) groups excluding carboxylic acids is 1. The molecule has 0 saturated heterocycles. The summed E-state index contributed by atoms with van der Waals surface area (Å²) in [5, 5.41) is 0. The van der Waals surface area contributed by atoms with Crippen molar-refractivity contribution in [2.75, 3.05) is 21.3 Å². The second kappa shape index (κ2) is 5.97. The maximum atomic E-state index is 12.8. The lowest BCUT2D eigenvalue weighted by molar-refractivity contribution is -0.0431. The second-order valence-corrected chi connectivity index (χ2v) is 5.87. The number of fused-ring (bicyclic) bond motifs is 4. The first-order chi connectivity index (χ1) is 12.2. The molecule has 25 heavy (non-hydrogen) atoms. The Morgan fingerprint density at radius 2 is 1.84 bits per heavy atom. The van der Waals surface area contributed by atoms with Gasteiger partial charge in [-0.1, -0.05) is 6.07 Å². The van der Waals surface area contributed by atoms with Crippen molar-refractivity contribution in [2.24, 2.45) is 0 Å². The molecule has 0 bridgehead atoms. The van der Waals surface area contributed by atoms with Crippen molar-refractivity contribution in [3.63, 3.8) is 0 Å². The van der Waals surface area contributed by atoms with Gasteiger partial charge in [-0.15, -0.1) is 0 Å². The van der Waals surface area contributed by atoms with E-state index in [1.54, 1.807) is 39.5 Å². The van der Waals surface area contributed by atoms with E-state index in [0.29, 0.717) is 28.6 Å². The largest absolute Gasteiger partial charge is 0.497 e. The summed E-state index contributed by atoms with van der Waals surface area (Å²) in [6, 6.07) is 8.88. The van der Waals surface area contributed by atoms with Crippen molar-refractivity contribution in [1.82, 2.24) is 0 Å². The Bertz CT molecular complexity index is 844. The van der Waals surface area contributed by atoms with E-state index in [2.05, 4.69) is 0 Å². The molecule has 2 aliphatic rings. The van der Waals surface area contributed by atoms with Crippen LogP contribution in [0.3, 0.4) is 0 Å². The monoisotopic (exact) mass is 342 g/mol. The van der Waals surface area contributed by atoms with Gasteiger partial charge in [-0.25, -0.2) is 0 Å². The van der Waals surface area contributed by atoms with Crippen LogP contribution in [0.5, 0.6) is 23.0 Å². The molecule has 0 unspecified atom stereocenters. The van der Waals surface area contributed by atoms with E-state index in [4.69, 9.17) is 23.7 Å². The molecule has 0 N–H and O–H groups in total. The molecule has 0 amide bonds. The van der Waals surface area contributed by atoms with Crippen LogP contribution in [0.2, 0.25) is 0 Å². The molecule has 0 aromatic heterocycles.